The molecule has 214 valence electrons. The highest BCUT2D eigenvalue weighted by Crippen LogP contribution is 2.28. The first-order chi connectivity index (χ1) is 18.7. The number of aliphatic carboxylic acids is 1. The monoisotopic (exact) mass is 583 g/mol. The number of benzene rings is 3. The van der Waals surface area contributed by atoms with E-state index in [0.29, 0.717) is 37.6 Å². The molecule has 4 rings (SSSR count). The number of halogens is 4. The van der Waals surface area contributed by atoms with Gasteiger partial charge in [-0.1, -0.05) is 29.8 Å². The smallest absolute Gasteiger partial charge is 0.478 e. The van der Waals surface area contributed by atoms with Crippen molar-refractivity contribution in [2.45, 2.75) is 18.0 Å². The van der Waals surface area contributed by atoms with Gasteiger partial charge in [0.15, 0.2) is 0 Å². The lowest BCUT2D eigenvalue weighted by Crippen LogP contribution is -2.46. The fourth-order valence-corrected chi connectivity index (χ4v) is 4.91. The minimum absolute atomic E-state index is 0.00295. The van der Waals surface area contributed by atoms with Crippen LogP contribution in [-0.2, 0) is 14.8 Å². The molecule has 40 heavy (non-hydrogen) atoms. The molecule has 0 radical (unpaired) electrons. The second-order valence-corrected chi connectivity index (χ2v) is 10.4. The van der Waals surface area contributed by atoms with Crippen LogP contribution >= 0.6 is 0 Å². The van der Waals surface area contributed by atoms with Gasteiger partial charge in [-0.3, -0.25) is 4.72 Å². The molecule has 0 bridgehead atoms. The van der Waals surface area contributed by atoms with Gasteiger partial charge in [-0.05, 0) is 49.4 Å². The number of sulfonamides is 1. The normalized spacial score (nSPS) is 13.7. The van der Waals surface area contributed by atoms with Gasteiger partial charge in [0.05, 0.1) is 21.8 Å². The molecular formula is C26H25F4N3O6S. The molecule has 1 saturated heterocycles. The molecule has 0 atom stereocenters. The Bertz CT molecular complexity index is 1470. The molecule has 0 saturated carbocycles. The molecule has 9 nitrogen and oxygen atoms in total. The average Bonchev–Trinajstić information content (AvgIpc) is 2.89. The molecule has 0 spiro atoms. The van der Waals surface area contributed by atoms with Crippen LogP contribution in [0.4, 0.5) is 34.6 Å². The molecular weight excluding hydrogens is 558 g/mol. The molecule has 0 aliphatic carbocycles. The Balaban J connectivity index is 0.000000559. The maximum absolute atomic E-state index is 14.1. The maximum Gasteiger partial charge on any atom is 0.490 e. The quantitative estimate of drug-likeness (QED) is 0.360. The number of alkyl halides is 3. The van der Waals surface area contributed by atoms with Gasteiger partial charge in [0.2, 0.25) is 0 Å². The first-order valence-corrected chi connectivity index (χ1v) is 13.2. The molecule has 1 heterocycles. The third-order valence-electron chi connectivity index (χ3n) is 5.89. The van der Waals surface area contributed by atoms with Gasteiger partial charge in [0.1, 0.15) is 5.82 Å². The number of aromatic carboxylic acids is 1. The van der Waals surface area contributed by atoms with E-state index >= 15 is 0 Å². The van der Waals surface area contributed by atoms with E-state index in [-0.39, 0.29) is 22.0 Å². The zero-order valence-corrected chi connectivity index (χ0v) is 21.8. The van der Waals surface area contributed by atoms with Crippen molar-refractivity contribution in [1.29, 1.82) is 0 Å². The second kappa shape index (κ2) is 12.2. The van der Waals surface area contributed by atoms with Crippen LogP contribution in [0.5, 0.6) is 0 Å². The van der Waals surface area contributed by atoms with E-state index in [0.717, 1.165) is 5.56 Å². The van der Waals surface area contributed by atoms with Gasteiger partial charge < -0.3 is 20.0 Å². The third kappa shape index (κ3) is 7.62. The van der Waals surface area contributed by atoms with E-state index in [1.54, 1.807) is 36.4 Å². The summed E-state index contributed by atoms with van der Waals surface area (Å²) in [5, 5.41) is 16.8. The lowest BCUT2D eigenvalue weighted by Gasteiger charge is -2.37. The highest BCUT2D eigenvalue weighted by Gasteiger charge is 2.38. The second-order valence-electron chi connectivity index (χ2n) is 8.68. The predicted molar refractivity (Wildman–Crippen MR) is 140 cm³/mol. The van der Waals surface area contributed by atoms with Crippen molar-refractivity contribution >= 4 is 39.0 Å². The summed E-state index contributed by atoms with van der Waals surface area (Å²) in [6, 6.07) is 17.5. The summed E-state index contributed by atoms with van der Waals surface area (Å²) < 4.78 is 73.7. The summed E-state index contributed by atoms with van der Waals surface area (Å²) in [5.41, 5.74) is 1.99. The zero-order valence-electron chi connectivity index (χ0n) is 21.0. The van der Waals surface area contributed by atoms with Gasteiger partial charge in [-0.2, -0.15) is 13.2 Å². The van der Waals surface area contributed by atoms with Crippen molar-refractivity contribution < 1.29 is 45.8 Å². The van der Waals surface area contributed by atoms with Gasteiger partial charge in [0.25, 0.3) is 10.0 Å². The summed E-state index contributed by atoms with van der Waals surface area (Å²) in [6.45, 7) is 4.14. The first-order valence-electron chi connectivity index (χ1n) is 11.7. The van der Waals surface area contributed by atoms with E-state index in [2.05, 4.69) is 4.72 Å². The van der Waals surface area contributed by atoms with Crippen molar-refractivity contribution in [2.24, 2.45) is 0 Å². The molecule has 3 aromatic carbocycles. The number of aryl methyl sites for hydroxylation is 1. The maximum atomic E-state index is 14.1. The summed E-state index contributed by atoms with van der Waals surface area (Å²) in [7, 11) is -3.93. The minimum atomic E-state index is -5.08. The zero-order chi connectivity index (χ0) is 29.7. The molecule has 1 aliphatic rings. The Labute approximate surface area is 227 Å². The Morgan fingerprint density at radius 1 is 0.875 bits per heavy atom. The Hall–Kier alpha value is -4.33. The molecule has 0 aromatic heterocycles. The van der Waals surface area contributed by atoms with Crippen LogP contribution in [0.15, 0.2) is 71.6 Å². The van der Waals surface area contributed by atoms with Gasteiger partial charge in [-0.15, -0.1) is 0 Å². The van der Waals surface area contributed by atoms with Gasteiger partial charge >= 0.3 is 18.1 Å². The van der Waals surface area contributed by atoms with Crippen molar-refractivity contribution in [2.75, 3.05) is 40.7 Å². The number of hydrogen-bond acceptors (Lipinski definition) is 6. The molecule has 14 heteroatoms. The van der Waals surface area contributed by atoms with Crippen LogP contribution in [-0.4, -0.2) is 62.9 Å². The third-order valence-corrected chi connectivity index (χ3v) is 7.27. The highest BCUT2D eigenvalue weighted by molar-refractivity contribution is 7.92. The predicted octanol–water partition coefficient (Wildman–Crippen LogP) is 4.59. The number of piperazine rings is 1. The van der Waals surface area contributed by atoms with E-state index in [9.17, 15) is 35.9 Å². The van der Waals surface area contributed by atoms with Crippen molar-refractivity contribution in [3.05, 3.63) is 83.7 Å². The fourth-order valence-electron chi connectivity index (χ4n) is 3.83. The van der Waals surface area contributed by atoms with Crippen molar-refractivity contribution in [3.8, 4) is 0 Å². The number of hydrogen-bond donors (Lipinski definition) is 3. The standard InChI is InChI=1S/C24H24FN3O4S.C2HF3O2/c1-17-6-9-19(10-7-17)33(31,32)26-22-11-8-18(16-20(22)24(29)30)27-12-14-28(15-13-27)23-5-3-2-4-21(23)25;3-2(4,5)1(6)7/h2-11,16,26H,12-15H2,1H3,(H,29,30);(H,6,7). The van der Waals surface area contributed by atoms with Gasteiger partial charge in [0, 0.05) is 31.9 Å². The lowest BCUT2D eigenvalue weighted by atomic mass is 10.1. The minimum Gasteiger partial charge on any atom is -0.478 e. The van der Waals surface area contributed by atoms with E-state index in [1.165, 1.54) is 30.3 Å². The lowest BCUT2D eigenvalue weighted by molar-refractivity contribution is -0.192. The number of anilines is 3. The van der Waals surface area contributed by atoms with E-state index < -0.39 is 28.1 Å². The van der Waals surface area contributed by atoms with Gasteiger partial charge in [-0.25, -0.2) is 22.4 Å². The number of nitrogens with one attached hydrogen (secondary N) is 1. The molecule has 3 aromatic rings. The van der Waals surface area contributed by atoms with Crippen LogP contribution in [0, 0.1) is 12.7 Å². The van der Waals surface area contributed by atoms with E-state index in [1.807, 2.05) is 16.7 Å². The summed E-state index contributed by atoms with van der Waals surface area (Å²) >= 11 is 0. The summed E-state index contributed by atoms with van der Waals surface area (Å²) in [4.78, 5) is 24.8. The topological polar surface area (TPSA) is 127 Å². The molecule has 0 unspecified atom stereocenters. The fraction of sp³-hybridized carbons (Fsp3) is 0.231. The van der Waals surface area contributed by atoms with Crippen LogP contribution in [0.1, 0.15) is 15.9 Å². The molecule has 1 aliphatic heterocycles. The van der Waals surface area contributed by atoms with Crippen LogP contribution in [0.3, 0.4) is 0 Å². The van der Waals surface area contributed by atoms with Crippen LogP contribution < -0.4 is 14.5 Å². The number of rotatable bonds is 6. The molecule has 3 N–H and O–H groups in total. The Kier molecular flexibility index (Phi) is 9.24. The summed E-state index contributed by atoms with van der Waals surface area (Å²) in [6.07, 6.45) is -5.08. The number of carboxylic acid groups (broad SMARTS) is 2. The van der Waals surface area contributed by atoms with Crippen LogP contribution in [0.2, 0.25) is 0 Å². The Morgan fingerprint density at radius 2 is 1.43 bits per heavy atom. The largest absolute Gasteiger partial charge is 0.490 e. The van der Waals surface area contributed by atoms with Crippen LogP contribution in [0.25, 0.3) is 0 Å². The highest BCUT2D eigenvalue weighted by atomic mass is 32.2. The summed E-state index contributed by atoms with van der Waals surface area (Å²) in [5.74, 6) is -4.26. The molecule has 0 amide bonds. The number of carboxylic acids is 2. The average molecular weight is 584 g/mol. The van der Waals surface area contributed by atoms with Crippen molar-refractivity contribution in [1.82, 2.24) is 0 Å². The SMILES string of the molecule is Cc1ccc(S(=O)(=O)Nc2ccc(N3CCN(c4ccccc4F)CC3)cc2C(=O)O)cc1.O=C(O)C(F)(F)F. The number of carbonyl (C=O) groups is 2. The first kappa shape index (κ1) is 30.2. The Morgan fingerprint density at radius 3 is 1.95 bits per heavy atom. The molecule has 1 fully saturated rings. The number of para-hydroxylation sites is 1. The van der Waals surface area contributed by atoms with Crippen molar-refractivity contribution in [3.63, 3.8) is 0 Å². The van der Waals surface area contributed by atoms with E-state index in [4.69, 9.17) is 9.90 Å². The number of nitrogens with zero attached hydrogens (tertiary/aromatic N) is 2.